The van der Waals surface area contributed by atoms with Crippen molar-refractivity contribution in [1.82, 2.24) is 0 Å². The fraction of sp³-hybridized carbons (Fsp3) is 0.130. The summed E-state index contributed by atoms with van der Waals surface area (Å²) < 4.78 is 33.9. The molecular weight excluding hydrogens is 446 g/mol. The van der Waals surface area contributed by atoms with E-state index >= 15 is 0 Å². The molecule has 3 aromatic rings. The summed E-state index contributed by atoms with van der Waals surface area (Å²) in [6.45, 7) is 1.68. The van der Waals surface area contributed by atoms with Gasteiger partial charge in [-0.1, -0.05) is 30.3 Å². The molecular formula is C23H21N3O4S2. The van der Waals surface area contributed by atoms with Gasteiger partial charge in [-0.2, -0.15) is 5.26 Å². The van der Waals surface area contributed by atoms with Crippen molar-refractivity contribution in [2.45, 2.75) is 16.7 Å². The van der Waals surface area contributed by atoms with E-state index in [4.69, 9.17) is 10.00 Å². The molecule has 9 heteroatoms. The highest BCUT2D eigenvalue weighted by Crippen LogP contribution is 2.29. The Morgan fingerprint density at radius 3 is 2.56 bits per heavy atom. The number of amides is 1. The van der Waals surface area contributed by atoms with Crippen LogP contribution in [0, 0.1) is 18.3 Å². The van der Waals surface area contributed by atoms with Crippen LogP contribution in [0.2, 0.25) is 0 Å². The van der Waals surface area contributed by atoms with E-state index < -0.39 is 15.9 Å². The van der Waals surface area contributed by atoms with Gasteiger partial charge in [-0.15, -0.1) is 11.8 Å². The molecule has 0 atom stereocenters. The Bertz CT molecular complexity index is 1280. The van der Waals surface area contributed by atoms with Gasteiger partial charge in [0.2, 0.25) is 0 Å². The molecule has 0 fully saturated rings. The van der Waals surface area contributed by atoms with Crippen molar-refractivity contribution in [2.75, 3.05) is 22.9 Å². The van der Waals surface area contributed by atoms with Gasteiger partial charge in [0.05, 0.1) is 35.1 Å². The molecule has 3 aromatic carbocycles. The average Bonchev–Trinajstić information content (AvgIpc) is 2.79. The summed E-state index contributed by atoms with van der Waals surface area (Å²) in [4.78, 5) is 13.5. The van der Waals surface area contributed by atoms with E-state index in [1.165, 1.54) is 24.9 Å². The molecule has 0 saturated carbocycles. The highest BCUT2D eigenvalue weighted by molar-refractivity contribution is 7.99. The minimum absolute atomic E-state index is 0.0355. The number of nitriles is 1. The fourth-order valence-electron chi connectivity index (χ4n) is 2.98. The van der Waals surface area contributed by atoms with Crippen molar-refractivity contribution in [3.05, 3.63) is 77.9 Å². The van der Waals surface area contributed by atoms with E-state index in [1.807, 2.05) is 6.07 Å². The monoisotopic (exact) mass is 467 g/mol. The number of hydrogen-bond acceptors (Lipinski definition) is 6. The SMILES string of the molecule is COc1ccccc1NS(=O)(=O)c1cc(NC(=O)c2ccccc2SCC#N)ccc1C. The zero-order valence-corrected chi connectivity index (χ0v) is 19.1. The van der Waals surface area contributed by atoms with Crippen LogP contribution in [-0.2, 0) is 10.0 Å². The van der Waals surface area contributed by atoms with Crippen LogP contribution < -0.4 is 14.8 Å². The average molecular weight is 468 g/mol. The van der Waals surface area contributed by atoms with Crippen LogP contribution in [0.25, 0.3) is 0 Å². The number of hydrogen-bond donors (Lipinski definition) is 2. The molecule has 0 spiro atoms. The molecule has 2 N–H and O–H groups in total. The second kappa shape index (κ2) is 10.2. The van der Waals surface area contributed by atoms with Gasteiger partial charge in [-0.3, -0.25) is 9.52 Å². The molecule has 164 valence electrons. The maximum absolute atomic E-state index is 13.1. The summed E-state index contributed by atoms with van der Waals surface area (Å²) >= 11 is 1.26. The lowest BCUT2D eigenvalue weighted by Crippen LogP contribution is -2.17. The zero-order valence-electron chi connectivity index (χ0n) is 17.5. The quantitative estimate of drug-likeness (QED) is 0.466. The topological polar surface area (TPSA) is 108 Å². The number of thioether (sulfide) groups is 1. The summed E-state index contributed by atoms with van der Waals surface area (Å²) in [5.41, 5.74) is 1.58. The lowest BCUT2D eigenvalue weighted by atomic mass is 10.2. The molecule has 0 radical (unpaired) electrons. The Balaban J connectivity index is 1.88. The first-order chi connectivity index (χ1) is 15.4. The van der Waals surface area contributed by atoms with Gasteiger partial charge in [0, 0.05) is 10.6 Å². The molecule has 0 aliphatic carbocycles. The lowest BCUT2D eigenvalue weighted by Gasteiger charge is -2.15. The first-order valence-electron chi connectivity index (χ1n) is 9.52. The van der Waals surface area contributed by atoms with E-state index in [2.05, 4.69) is 10.0 Å². The van der Waals surface area contributed by atoms with Gasteiger partial charge >= 0.3 is 0 Å². The maximum atomic E-state index is 13.1. The van der Waals surface area contributed by atoms with Gasteiger partial charge in [0.1, 0.15) is 5.75 Å². The summed E-state index contributed by atoms with van der Waals surface area (Å²) in [7, 11) is -2.48. The number of aryl methyl sites for hydroxylation is 1. The van der Waals surface area contributed by atoms with Crippen molar-refractivity contribution in [3.63, 3.8) is 0 Å². The Morgan fingerprint density at radius 2 is 1.81 bits per heavy atom. The minimum atomic E-state index is -3.94. The van der Waals surface area contributed by atoms with Gasteiger partial charge in [-0.25, -0.2) is 8.42 Å². The van der Waals surface area contributed by atoms with Crippen molar-refractivity contribution < 1.29 is 17.9 Å². The molecule has 0 aliphatic heterocycles. The lowest BCUT2D eigenvalue weighted by molar-refractivity contribution is 0.102. The van der Waals surface area contributed by atoms with Crippen LogP contribution in [0.15, 0.2) is 76.5 Å². The second-order valence-corrected chi connectivity index (χ2v) is 9.35. The van der Waals surface area contributed by atoms with Crippen LogP contribution in [0.3, 0.4) is 0 Å². The highest BCUT2D eigenvalue weighted by Gasteiger charge is 2.20. The standard InChI is InChI=1S/C23H21N3O4S2/c1-16-11-12-17(25-23(27)18-7-3-6-10-21(18)31-14-13-24)15-22(16)32(28,29)26-19-8-4-5-9-20(19)30-2/h3-12,15,26H,14H2,1-2H3,(H,25,27). The maximum Gasteiger partial charge on any atom is 0.262 e. The minimum Gasteiger partial charge on any atom is -0.495 e. The summed E-state index contributed by atoms with van der Waals surface area (Å²) in [5.74, 6) is 0.215. The third-order valence-corrected chi connectivity index (χ3v) is 6.96. The summed E-state index contributed by atoms with van der Waals surface area (Å²) in [6.07, 6.45) is 0. The Hall–Kier alpha value is -3.48. The first-order valence-corrected chi connectivity index (χ1v) is 12.0. The van der Waals surface area contributed by atoms with Gasteiger partial charge in [-0.05, 0) is 48.9 Å². The number of ether oxygens (including phenoxy) is 1. The number of rotatable bonds is 8. The van der Waals surface area contributed by atoms with Crippen LogP contribution in [-0.4, -0.2) is 27.2 Å². The Morgan fingerprint density at radius 1 is 1.09 bits per heavy atom. The number of benzene rings is 3. The number of sulfonamides is 1. The molecule has 0 saturated heterocycles. The molecule has 32 heavy (non-hydrogen) atoms. The van der Waals surface area contributed by atoms with Crippen molar-refractivity contribution in [2.24, 2.45) is 0 Å². The van der Waals surface area contributed by atoms with Crippen molar-refractivity contribution in [1.29, 1.82) is 5.26 Å². The van der Waals surface area contributed by atoms with E-state index in [-0.39, 0.29) is 10.6 Å². The molecule has 0 aliphatic rings. The second-order valence-electron chi connectivity index (χ2n) is 6.68. The number of anilines is 2. The number of carbonyl (C=O) groups is 1. The van der Waals surface area contributed by atoms with Gasteiger partial charge < -0.3 is 10.1 Å². The van der Waals surface area contributed by atoms with Gasteiger partial charge in [0.25, 0.3) is 15.9 Å². The number of nitrogens with one attached hydrogen (secondary N) is 2. The largest absolute Gasteiger partial charge is 0.495 e. The van der Waals surface area contributed by atoms with Crippen molar-refractivity contribution >= 4 is 39.1 Å². The molecule has 3 rings (SSSR count). The summed E-state index contributed by atoms with van der Waals surface area (Å²) in [5, 5.41) is 11.6. The molecule has 0 aromatic heterocycles. The summed E-state index contributed by atoms with van der Waals surface area (Å²) in [6, 6.07) is 20.4. The molecule has 0 unspecified atom stereocenters. The normalized spacial score (nSPS) is 10.8. The number of carbonyl (C=O) groups excluding carboxylic acids is 1. The van der Waals surface area contributed by atoms with Crippen LogP contribution in [0.5, 0.6) is 5.75 Å². The van der Waals surface area contributed by atoms with Crippen LogP contribution >= 0.6 is 11.8 Å². The predicted octanol–water partition coefficient (Wildman–Crippen LogP) is 4.67. The zero-order chi connectivity index (χ0) is 23.1. The first kappa shape index (κ1) is 23.2. The molecule has 7 nitrogen and oxygen atoms in total. The number of nitrogens with zero attached hydrogens (tertiary/aromatic N) is 1. The van der Waals surface area contributed by atoms with Gasteiger partial charge in [0.15, 0.2) is 0 Å². The third kappa shape index (κ3) is 5.41. The molecule has 0 bridgehead atoms. The predicted molar refractivity (Wildman–Crippen MR) is 126 cm³/mol. The van der Waals surface area contributed by atoms with E-state index in [1.54, 1.807) is 67.6 Å². The van der Waals surface area contributed by atoms with Crippen LogP contribution in [0.1, 0.15) is 15.9 Å². The smallest absolute Gasteiger partial charge is 0.262 e. The third-order valence-electron chi connectivity index (χ3n) is 4.51. The van der Waals surface area contributed by atoms with Crippen LogP contribution in [0.4, 0.5) is 11.4 Å². The molecule has 1 amide bonds. The number of para-hydroxylation sites is 2. The Kier molecular flexibility index (Phi) is 7.41. The molecule has 0 heterocycles. The Labute approximate surface area is 191 Å². The fourth-order valence-corrected chi connectivity index (χ4v) is 5.04. The number of methoxy groups -OCH3 is 1. The van der Waals surface area contributed by atoms with E-state index in [9.17, 15) is 13.2 Å². The van der Waals surface area contributed by atoms with Crippen molar-refractivity contribution in [3.8, 4) is 11.8 Å². The highest BCUT2D eigenvalue weighted by atomic mass is 32.2. The van der Waals surface area contributed by atoms with E-state index in [0.717, 1.165) is 0 Å². The van der Waals surface area contributed by atoms with E-state index in [0.29, 0.717) is 33.1 Å².